The lowest BCUT2D eigenvalue weighted by Gasteiger charge is -2.33. The van der Waals surface area contributed by atoms with Gasteiger partial charge in [0.2, 0.25) is 0 Å². The van der Waals surface area contributed by atoms with Crippen LogP contribution in [-0.2, 0) is 0 Å². The van der Waals surface area contributed by atoms with E-state index >= 15 is 0 Å². The number of benzene rings is 1. The fourth-order valence-corrected chi connectivity index (χ4v) is 3.01. The molecule has 1 heterocycles. The van der Waals surface area contributed by atoms with Gasteiger partial charge in [-0.3, -0.25) is 0 Å². The molecular formula is C15H20ClN3. The van der Waals surface area contributed by atoms with Crippen molar-refractivity contribution < 1.29 is 0 Å². The van der Waals surface area contributed by atoms with E-state index in [9.17, 15) is 0 Å². The van der Waals surface area contributed by atoms with Crippen molar-refractivity contribution in [3.05, 3.63) is 28.8 Å². The van der Waals surface area contributed by atoms with Gasteiger partial charge in [-0.1, -0.05) is 18.5 Å². The van der Waals surface area contributed by atoms with E-state index in [2.05, 4.69) is 29.8 Å². The van der Waals surface area contributed by atoms with Gasteiger partial charge in [0.05, 0.1) is 22.3 Å². The molecule has 2 rings (SSSR count). The highest BCUT2D eigenvalue weighted by atomic mass is 35.5. The molecule has 4 heteroatoms. The fourth-order valence-electron chi connectivity index (χ4n) is 2.72. The summed E-state index contributed by atoms with van der Waals surface area (Å²) in [5.41, 5.74) is 1.68. The van der Waals surface area contributed by atoms with Crippen LogP contribution in [-0.4, -0.2) is 37.6 Å². The zero-order valence-electron chi connectivity index (χ0n) is 11.6. The van der Waals surface area contributed by atoms with Crippen LogP contribution in [0, 0.1) is 11.3 Å². The topological polar surface area (TPSA) is 30.3 Å². The molecule has 19 heavy (non-hydrogen) atoms. The number of hydrogen-bond acceptors (Lipinski definition) is 3. The summed E-state index contributed by atoms with van der Waals surface area (Å²) in [5, 5.41) is 9.59. The molecule has 1 aromatic carbocycles. The molecule has 1 aliphatic heterocycles. The summed E-state index contributed by atoms with van der Waals surface area (Å²) in [4.78, 5) is 4.78. The molecular weight excluding hydrogens is 258 g/mol. The van der Waals surface area contributed by atoms with Crippen molar-refractivity contribution in [3.8, 4) is 6.07 Å². The van der Waals surface area contributed by atoms with Crippen molar-refractivity contribution in [1.82, 2.24) is 4.90 Å². The molecule has 0 aromatic heterocycles. The van der Waals surface area contributed by atoms with E-state index in [0.717, 1.165) is 38.2 Å². The molecule has 0 amide bonds. The number of hydrogen-bond donors (Lipinski definition) is 0. The van der Waals surface area contributed by atoms with Gasteiger partial charge < -0.3 is 9.80 Å². The van der Waals surface area contributed by atoms with E-state index in [1.807, 2.05) is 12.1 Å². The van der Waals surface area contributed by atoms with E-state index in [1.165, 1.54) is 0 Å². The van der Waals surface area contributed by atoms with E-state index in [0.29, 0.717) is 16.6 Å². The zero-order chi connectivity index (χ0) is 13.8. The Kier molecular flexibility index (Phi) is 4.68. The molecule has 3 nitrogen and oxygen atoms in total. The second-order valence-electron chi connectivity index (χ2n) is 5.15. The highest BCUT2D eigenvalue weighted by Crippen LogP contribution is 2.30. The molecule has 0 bridgehead atoms. The minimum atomic E-state index is 0.484. The number of likely N-dealkylation sites (N-methyl/N-ethyl adjacent to an activating group) is 1. The van der Waals surface area contributed by atoms with Gasteiger partial charge in [0, 0.05) is 19.1 Å². The van der Waals surface area contributed by atoms with Crippen LogP contribution in [0.3, 0.4) is 0 Å². The number of anilines is 1. The van der Waals surface area contributed by atoms with Gasteiger partial charge in [0.1, 0.15) is 0 Å². The standard InChI is InChI=1S/C15H20ClN3/c1-3-13-11-18(2)7-4-8-19(13)15-6-5-12(10-17)9-14(15)16/h5-6,9,13H,3-4,7-8,11H2,1-2H3. The molecule has 1 atom stereocenters. The highest BCUT2D eigenvalue weighted by Gasteiger charge is 2.23. The summed E-state index contributed by atoms with van der Waals surface area (Å²) in [7, 11) is 2.17. The van der Waals surface area contributed by atoms with Crippen LogP contribution in [0.2, 0.25) is 5.02 Å². The molecule has 102 valence electrons. The quantitative estimate of drug-likeness (QED) is 0.832. The first-order valence-electron chi connectivity index (χ1n) is 6.80. The van der Waals surface area contributed by atoms with Crippen LogP contribution in [0.4, 0.5) is 5.69 Å². The second kappa shape index (κ2) is 6.27. The molecule has 1 unspecified atom stereocenters. The van der Waals surface area contributed by atoms with E-state index < -0.39 is 0 Å². The maximum atomic E-state index is 8.91. The monoisotopic (exact) mass is 277 g/mol. The van der Waals surface area contributed by atoms with Crippen LogP contribution in [0.25, 0.3) is 0 Å². The van der Waals surface area contributed by atoms with Crippen LogP contribution in [0.15, 0.2) is 18.2 Å². The summed E-state index contributed by atoms with van der Waals surface area (Å²) < 4.78 is 0. The number of nitrogens with zero attached hydrogens (tertiary/aromatic N) is 3. The molecule has 0 spiro atoms. The smallest absolute Gasteiger partial charge is 0.0992 e. The largest absolute Gasteiger partial charge is 0.366 e. The molecule has 1 fully saturated rings. The third-order valence-electron chi connectivity index (χ3n) is 3.76. The van der Waals surface area contributed by atoms with Gasteiger partial charge >= 0.3 is 0 Å². The summed E-state index contributed by atoms with van der Waals surface area (Å²) in [6, 6.07) is 8.21. The van der Waals surface area contributed by atoms with Crippen molar-refractivity contribution >= 4 is 17.3 Å². The Morgan fingerprint density at radius 2 is 2.21 bits per heavy atom. The Hall–Kier alpha value is -1.24. The molecule has 0 radical (unpaired) electrons. The Morgan fingerprint density at radius 1 is 1.42 bits per heavy atom. The summed E-state index contributed by atoms with van der Waals surface area (Å²) in [6.07, 6.45) is 2.24. The minimum absolute atomic E-state index is 0.484. The van der Waals surface area contributed by atoms with Crippen LogP contribution in [0.1, 0.15) is 25.3 Å². The maximum absolute atomic E-state index is 8.91. The minimum Gasteiger partial charge on any atom is -0.366 e. The lowest BCUT2D eigenvalue weighted by Crippen LogP contribution is -2.40. The van der Waals surface area contributed by atoms with Gasteiger partial charge in [0.15, 0.2) is 0 Å². The number of rotatable bonds is 2. The van der Waals surface area contributed by atoms with Gasteiger partial charge in [-0.2, -0.15) is 5.26 Å². The second-order valence-corrected chi connectivity index (χ2v) is 5.56. The Morgan fingerprint density at radius 3 is 2.84 bits per heavy atom. The van der Waals surface area contributed by atoms with Gasteiger partial charge in [-0.05, 0) is 44.6 Å². The van der Waals surface area contributed by atoms with Crippen molar-refractivity contribution in [3.63, 3.8) is 0 Å². The van der Waals surface area contributed by atoms with Crippen LogP contribution >= 0.6 is 11.6 Å². The highest BCUT2D eigenvalue weighted by molar-refractivity contribution is 6.33. The summed E-state index contributed by atoms with van der Waals surface area (Å²) in [6.45, 7) is 5.43. The van der Waals surface area contributed by atoms with Crippen molar-refractivity contribution in [2.24, 2.45) is 0 Å². The van der Waals surface area contributed by atoms with Crippen molar-refractivity contribution in [1.29, 1.82) is 5.26 Å². The van der Waals surface area contributed by atoms with E-state index in [4.69, 9.17) is 16.9 Å². The van der Waals surface area contributed by atoms with E-state index in [1.54, 1.807) is 6.07 Å². The SMILES string of the molecule is CCC1CN(C)CCCN1c1ccc(C#N)cc1Cl. The first-order valence-corrected chi connectivity index (χ1v) is 7.18. The van der Waals surface area contributed by atoms with E-state index in [-0.39, 0.29) is 0 Å². The third-order valence-corrected chi connectivity index (χ3v) is 4.06. The molecule has 0 saturated carbocycles. The fraction of sp³-hybridized carbons (Fsp3) is 0.533. The molecule has 1 saturated heterocycles. The van der Waals surface area contributed by atoms with Gasteiger partial charge in [-0.15, -0.1) is 0 Å². The predicted octanol–water partition coefficient (Wildman–Crippen LogP) is 3.13. The van der Waals surface area contributed by atoms with Crippen molar-refractivity contribution in [2.75, 3.05) is 31.6 Å². The Bertz CT molecular complexity index is 481. The normalized spacial score (nSPS) is 20.9. The molecule has 1 aliphatic rings. The number of halogens is 1. The average Bonchev–Trinajstić information content (AvgIpc) is 2.60. The molecule has 0 N–H and O–H groups in total. The van der Waals surface area contributed by atoms with Gasteiger partial charge in [0.25, 0.3) is 0 Å². The maximum Gasteiger partial charge on any atom is 0.0992 e. The van der Waals surface area contributed by atoms with Crippen molar-refractivity contribution in [2.45, 2.75) is 25.8 Å². The lowest BCUT2D eigenvalue weighted by molar-refractivity contribution is 0.328. The number of nitriles is 1. The van der Waals surface area contributed by atoms with Gasteiger partial charge in [-0.25, -0.2) is 0 Å². The summed E-state index contributed by atoms with van der Waals surface area (Å²) in [5.74, 6) is 0. The average molecular weight is 278 g/mol. The third kappa shape index (κ3) is 3.20. The van der Waals surface area contributed by atoms with Crippen LogP contribution in [0.5, 0.6) is 0 Å². The lowest BCUT2D eigenvalue weighted by atomic mass is 10.1. The molecule has 1 aromatic rings. The zero-order valence-corrected chi connectivity index (χ0v) is 12.3. The first-order chi connectivity index (χ1) is 9.15. The summed E-state index contributed by atoms with van der Waals surface area (Å²) >= 11 is 6.35. The Balaban J connectivity index is 2.30. The molecule has 0 aliphatic carbocycles. The predicted molar refractivity (Wildman–Crippen MR) is 79.7 cm³/mol. The Labute approximate surface area is 120 Å². The van der Waals surface area contributed by atoms with Crippen LogP contribution < -0.4 is 4.90 Å². The first kappa shape index (κ1) is 14.2.